The molecule has 0 fully saturated rings. The van der Waals surface area contributed by atoms with Crippen molar-refractivity contribution in [3.63, 3.8) is 0 Å². The third-order valence-electron chi connectivity index (χ3n) is 5.66. The van der Waals surface area contributed by atoms with Crippen LogP contribution in [0.25, 0.3) is 22.3 Å². The number of halogens is 2. The van der Waals surface area contributed by atoms with Crippen LogP contribution >= 0.6 is 15.9 Å². The Labute approximate surface area is 220 Å². The topological polar surface area (TPSA) is 65.7 Å². The number of rotatable bonds is 7. The van der Waals surface area contributed by atoms with Crippen molar-refractivity contribution in [1.29, 1.82) is 0 Å². The number of fused-ring (bicyclic) bond motifs is 1. The summed E-state index contributed by atoms with van der Waals surface area (Å²) in [6.07, 6.45) is 1.54. The molecule has 6 nitrogen and oxygen atoms in total. The molecule has 0 bridgehead atoms. The minimum atomic E-state index is -0.318. The molecule has 5 rings (SSSR count). The van der Waals surface area contributed by atoms with Gasteiger partial charge in [0.15, 0.2) is 17.3 Å². The Bertz CT molecular complexity index is 1650. The molecule has 0 aliphatic heterocycles. The van der Waals surface area contributed by atoms with Crippen molar-refractivity contribution in [3.05, 3.63) is 123 Å². The zero-order valence-electron chi connectivity index (χ0n) is 19.8. The first-order valence-electron chi connectivity index (χ1n) is 11.4. The van der Waals surface area contributed by atoms with Crippen molar-refractivity contribution >= 4 is 33.0 Å². The summed E-state index contributed by atoms with van der Waals surface area (Å²) < 4.78 is 27.0. The van der Waals surface area contributed by atoms with Gasteiger partial charge in [-0.15, -0.1) is 0 Å². The van der Waals surface area contributed by atoms with Crippen molar-refractivity contribution in [2.75, 3.05) is 7.11 Å². The molecule has 0 radical (unpaired) electrons. The van der Waals surface area contributed by atoms with Crippen molar-refractivity contribution in [3.8, 4) is 22.9 Å². The standard InChI is InChI=1S/C29H21BrFN3O3/c1-36-26-16-22(30)15-21(27(26)37-18-19-11-13-23(31)14-12-19)17-32-34-28(20-7-3-2-4-8-20)33-25-10-6-5-9-24(25)29(34)35/h2-17H,18H2,1H3. The molecule has 4 aromatic carbocycles. The molecule has 0 N–H and O–H groups in total. The zero-order chi connectivity index (χ0) is 25.8. The van der Waals surface area contributed by atoms with Crippen LogP contribution in [0.5, 0.6) is 11.5 Å². The van der Waals surface area contributed by atoms with Gasteiger partial charge in [0.1, 0.15) is 12.4 Å². The first-order valence-corrected chi connectivity index (χ1v) is 12.2. The van der Waals surface area contributed by atoms with E-state index in [0.717, 1.165) is 15.6 Å². The number of hydrogen-bond acceptors (Lipinski definition) is 5. The fraction of sp³-hybridized carbons (Fsp3) is 0.0690. The van der Waals surface area contributed by atoms with Crippen molar-refractivity contribution in [2.24, 2.45) is 5.10 Å². The van der Waals surface area contributed by atoms with Gasteiger partial charge in [-0.3, -0.25) is 4.79 Å². The molecular formula is C29H21BrFN3O3. The largest absolute Gasteiger partial charge is 0.493 e. The van der Waals surface area contributed by atoms with Gasteiger partial charge in [-0.2, -0.15) is 9.78 Å². The quantitative estimate of drug-likeness (QED) is 0.216. The third kappa shape index (κ3) is 5.29. The molecule has 0 saturated carbocycles. The van der Waals surface area contributed by atoms with Crippen molar-refractivity contribution < 1.29 is 13.9 Å². The maximum atomic E-state index is 13.5. The molecule has 0 aliphatic carbocycles. The van der Waals surface area contributed by atoms with Crippen LogP contribution in [0.3, 0.4) is 0 Å². The Hall–Kier alpha value is -4.30. The van der Waals surface area contributed by atoms with Crippen LogP contribution in [0.1, 0.15) is 11.1 Å². The van der Waals surface area contributed by atoms with Gasteiger partial charge in [-0.1, -0.05) is 70.5 Å². The highest BCUT2D eigenvalue weighted by Gasteiger charge is 2.15. The molecule has 184 valence electrons. The first-order chi connectivity index (χ1) is 18.0. The van der Waals surface area contributed by atoms with E-state index in [-0.39, 0.29) is 18.0 Å². The van der Waals surface area contributed by atoms with Gasteiger partial charge in [0, 0.05) is 15.6 Å². The van der Waals surface area contributed by atoms with E-state index in [1.165, 1.54) is 23.0 Å². The third-order valence-corrected chi connectivity index (χ3v) is 6.12. The molecule has 8 heteroatoms. The van der Waals surface area contributed by atoms with Crippen LogP contribution in [0.15, 0.2) is 105 Å². The monoisotopic (exact) mass is 557 g/mol. The van der Waals surface area contributed by atoms with E-state index in [9.17, 15) is 9.18 Å². The van der Waals surface area contributed by atoms with E-state index >= 15 is 0 Å². The summed E-state index contributed by atoms with van der Waals surface area (Å²) in [5, 5.41) is 5.01. The molecule has 0 saturated heterocycles. The Balaban J connectivity index is 1.60. The van der Waals surface area contributed by atoms with Crippen LogP contribution in [-0.4, -0.2) is 23.0 Å². The van der Waals surface area contributed by atoms with Gasteiger partial charge in [-0.25, -0.2) is 9.37 Å². The van der Waals surface area contributed by atoms with E-state index in [1.54, 1.807) is 43.5 Å². The van der Waals surface area contributed by atoms with Gasteiger partial charge in [0.2, 0.25) is 0 Å². The molecular weight excluding hydrogens is 537 g/mol. The van der Waals surface area contributed by atoms with E-state index < -0.39 is 0 Å². The minimum absolute atomic E-state index is 0.186. The van der Waals surface area contributed by atoms with Crippen LogP contribution in [0.4, 0.5) is 4.39 Å². The smallest absolute Gasteiger partial charge is 0.282 e. The summed E-state index contributed by atoms with van der Waals surface area (Å²) in [4.78, 5) is 18.2. The van der Waals surface area contributed by atoms with E-state index in [0.29, 0.717) is 33.8 Å². The second-order valence-electron chi connectivity index (χ2n) is 8.12. The lowest BCUT2D eigenvalue weighted by molar-refractivity contribution is 0.284. The van der Waals surface area contributed by atoms with Gasteiger partial charge in [-0.05, 0) is 42.0 Å². The zero-order valence-corrected chi connectivity index (χ0v) is 21.4. The number of ether oxygens (including phenoxy) is 2. The summed E-state index contributed by atoms with van der Waals surface area (Å²) in [5.74, 6) is 1.00. The number of nitrogens with zero attached hydrogens (tertiary/aromatic N) is 3. The van der Waals surface area contributed by atoms with Crippen LogP contribution < -0.4 is 15.0 Å². The SMILES string of the molecule is COc1cc(Br)cc(C=Nn2c(-c3ccccc3)nc3ccccc3c2=O)c1OCc1ccc(F)cc1. The summed E-state index contributed by atoms with van der Waals surface area (Å²) in [5.41, 5.74) is 2.41. The minimum Gasteiger partial charge on any atom is -0.493 e. The average Bonchev–Trinajstić information content (AvgIpc) is 2.93. The Kier molecular flexibility index (Phi) is 7.09. The van der Waals surface area contributed by atoms with Gasteiger partial charge >= 0.3 is 0 Å². The Morgan fingerprint density at radius 2 is 1.73 bits per heavy atom. The summed E-state index contributed by atoms with van der Waals surface area (Å²) in [6, 6.07) is 26.2. The second kappa shape index (κ2) is 10.8. The fourth-order valence-corrected chi connectivity index (χ4v) is 4.31. The lowest BCUT2D eigenvalue weighted by Gasteiger charge is -2.14. The average molecular weight is 558 g/mol. The summed E-state index contributed by atoms with van der Waals surface area (Å²) in [7, 11) is 1.54. The highest BCUT2D eigenvalue weighted by atomic mass is 79.9. The maximum absolute atomic E-state index is 13.5. The highest BCUT2D eigenvalue weighted by molar-refractivity contribution is 9.10. The normalized spacial score (nSPS) is 11.2. The molecule has 0 aliphatic rings. The molecule has 0 atom stereocenters. The number of benzene rings is 4. The van der Waals surface area contributed by atoms with Crippen LogP contribution in [0, 0.1) is 5.82 Å². The predicted molar refractivity (Wildman–Crippen MR) is 146 cm³/mol. The van der Waals surface area contributed by atoms with Gasteiger partial charge in [0.05, 0.1) is 24.2 Å². The van der Waals surface area contributed by atoms with Gasteiger partial charge in [0.25, 0.3) is 5.56 Å². The maximum Gasteiger partial charge on any atom is 0.282 e. The predicted octanol–water partition coefficient (Wildman–Crippen LogP) is 6.43. The lowest BCUT2D eigenvalue weighted by atomic mass is 10.2. The van der Waals surface area contributed by atoms with Gasteiger partial charge < -0.3 is 9.47 Å². The van der Waals surface area contributed by atoms with Crippen LogP contribution in [-0.2, 0) is 6.61 Å². The number of methoxy groups -OCH3 is 1. The van der Waals surface area contributed by atoms with Crippen LogP contribution in [0.2, 0.25) is 0 Å². The number of para-hydroxylation sites is 1. The lowest BCUT2D eigenvalue weighted by Crippen LogP contribution is -2.20. The molecule has 0 unspecified atom stereocenters. The van der Waals surface area contributed by atoms with E-state index in [1.807, 2.05) is 42.5 Å². The van der Waals surface area contributed by atoms with E-state index in [2.05, 4.69) is 21.0 Å². The molecule has 1 aromatic heterocycles. The molecule has 37 heavy (non-hydrogen) atoms. The first kappa shape index (κ1) is 24.4. The number of aromatic nitrogens is 2. The second-order valence-corrected chi connectivity index (χ2v) is 9.04. The number of hydrogen-bond donors (Lipinski definition) is 0. The fourth-order valence-electron chi connectivity index (χ4n) is 3.85. The van der Waals surface area contributed by atoms with E-state index in [4.69, 9.17) is 14.5 Å². The molecule has 0 amide bonds. The molecule has 0 spiro atoms. The van der Waals surface area contributed by atoms with Crippen molar-refractivity contribution in [2.45, 2.75) is 6.61 Å². The summed E-state index contributed by atoms with van der Waals surface area (Å²) >= 11 is 3.50. The Morgan fingerprint density at radius 1 is 1.00 bits per heavy atom. The molecule has 1 heterocycles. The highest BCUT2D eigenvalue weighted by Crippen LogP contribution is 2.35. The summed E-state index contributed by atoms with van der Waals surface area (Å²) in [6.45, 7) is 0.186. The Morgan fingerprint density at radius 3 is 2.49 bits per heavy atom. The molecule has 5 aromatic rings. The van der Waals surface area contributed by atoms with Crippen molar-refractivity contribution in [1.82, 2.24) is 9.66 Å².